The molecule has 100 valence electrons. The molecule has 1 aromatic carbocycles. The summed E-state index contributed by atoms with van der Waals surface area (Å²) in [6, 6.07) is 5.50. The number of rotatable bonds is 3. The van der Waals surface area contributed by atoms with Gasteiger partial charge in [-0.1, -0.05) is 25.5 Å². The van der Waals surface area contributed by atoms with E-state index in [4.69, 9.17) is 5.73 Å². The van der Waals surface area contributed by atoms with Gasteiger partial charge in [0.25, 0.3) is 0 Å². The molecule has 0 bridgehead atoms. The molecule has 1 saturated carbocycles. The van der Waals surface area contributed by atoms with E-state index in [0.29, 0.717) is 6.54 Å². The van der Waals surface area contributed by atoms with E-state index in [-0.39, 0.29) is 11.3 Å². The topological polar surface area (TPSA) is 26.0 Å². The van der Waals surface area contributed by atoms with Crippen molar-refractivity contribution in [1.29, 1.82) is 0 Å². The highest BCUT2D eigenvalue weighted by atomic mass is 19.4. The third kappa shape index (κ3) is 2.26. The van der Waals surface area contributed by atoms with Gasteiger partial charge >= 0.3 is 6.18 Å². The molecule has 0 saturated heterocycles. The molecule has 1 atom stereocenters. The van der Waals surface area contributed by atoms with Crippen LogP contribution in [0.2, 0.25) is 0 Å². The first kappa shape index (κ1) is 13.4. The predicted molar refractivity (Wildman–Crippen MR) is 65.2 cm³/mol. The summed E-state index contributed by atoms with van der Waals surface area (Å²) in [6.07, 6.45) is -0.941. The predicted octanol–water partition coefficient (Wildman–Crippen LogP) is 3.94. The zero-order valence-corrected chi connectivity index (χ0v) is 10.4. The summed E-state index contributed by atoms with van der Waals surface area (Å²) >= 11 is 0. The summed E-state index contributed by atoms with van der Waals surface area (Å²) in [6.45, 7) is 2.67. The summed E-state index contributed by atoms with van der Waals surface area (Å²) in [5.74, 6) is 0.221. The van der Waals surface area contributed by atoms with Gasteiger partial charge in [0.15, 0.2) is 0 Å². The van der Waals surface area contributed by atoms with Gasteiger partial charge in [0.2, 0.25) is 0 Å². The molecule has 0 spiro atoms. The van der Waals surface area contributed by atoms with Crippen LogP contribution in [-0.4, -0.2) is 6.54 Å². The molecule has 0 radical (unpaired) electrons. The van der Waals surface area contributed by atoms with Gasteiger partial charge in [-0.3, -0.25) is 0 Å². The second kappa shape index (κ2) is 4.57. The average Bonchev–Trinajstić information content (AvgIpc) is 2.27. The van der Waals surface area contributed by atoms with Crippen LogP contribution in [0, 0.1) is 5.41 Å². The molecular weight excluding hydrogens is 239 g/mol. The second-order valence-corrected chi connectivity index (χ2v) is 5.26. The average molecular weight is 257 g/mol. The Morgan fingerprint density at radius 3 is 2.11 bits per heavy atom. The Labute approximate surface area is 105 Å². The molecular formula is C14H18F3N. The fraction of sp³-hybridized carbons (Fsp3) is 0.571. The first-order chi connectivity index (χ1) is 8.39. The lowest BCUT2D eigenvalue weighted by molar-refractivity contribution is -0.137. The molecule has 0 aliphatic heterocycles. The third-order valence-electron chi connectivity index (χ3n) is 4.41. The number of hydrogen-bond acceptors (Lipinski definition) is 1. The maximum absolute atomic E-state index is 12.5. The molecule has 1 aliphatic rings. The van der Waals surface area contributed by atoms with E-state index in [1.165, 1.54) is 6.42 Å². The number of hydrogen-bond donors (Lipinski definition) is 1. The fourth-order valence-electron chi connectivity index (χ4n) is 2.76. The van der Waals surface area contributed by atoms with Crippen molar-refractivity contribution in [3.05, 3.63) is 35.4 Å². The lowest BCUT2D eigenvalue weighted by Gasteiger charge is -2.46. The van der Waals surface area contributed by atoms with E-state index in [9.17, 15) is 13.2 Å². The van der Waals surface area contributed by atoms with E-state index in [2.05, 4.69) is 6.92 Å². The molecule has 1 nitrogen and oxygen atoms in total. The highest BCUT2D eigenvalue weighted by Crippen LogP contribution is 2.50. The lowest BCUT2D eigenvalue weighted by Crippen LogP contribution is -2.41. The molecule has 1 aromatic rings. The standard InChI is InChI=1S/C14H18F3N/c1-10(13(9-18)7-2-8-13)11-3-5-12(6-4-11)14(15,16)17/h3-6,10H,2,7-9,18H2,1H3. The quantitative estimate of drug-likeness (QED) is 0.872. The van der Waals surface area contributed by atoms with Crippen LogP contribution >= 0.6 is 0 Å². The zero-order chi connectivity index (χ0) is 13.4. The maximum atomic E-state index is 12.5. The van der Waals surface area contributed by atoms with Crippen molar-refractivity contribution >= 4 is 0 Å². The van der Waals surface area contributed by atoms with Crippen molar-refractivity contribution in [2.45, 2.75) is 38.3 Å². The summed E-state index contributed by atoms with van der Waals surface area (Å²) in [4.78, 5) is 0. The summed E-state index contributed by atoms with van der Waals surface area (Å²) in [5.41, 5.74) is 6.29. The van der Waals surface area contributed by atoms with E-state index >= 15 is 0 Å². The molecule has 0 amide bonds. The van der Waals surface area contributed by atoms with Gasteiger partial charge < -0.3 is 5.73 Å². The van der Waals surface area contributed by atoms with Crippen LogP contribution in [0.25, 0.3) is 0 Å². The fourth-order valence-corrected chi connectivity index (χ4v) is 2.76. The normalized spacial score (nSPS) is 20.3. The van der Waals surface area contributed by atoms with E-state index in [1.54, 1.807) is 12.1 Å². The largest absolute Gasteiger partial charge is 0.416 e. The van der Waals surface area contributed by atoms with Crippen LogP contribution < -0.4 is 5.73 Å². The lowest BCUT2D eigenvalue weighted by atomic mass is 9.60. The van der Waals surface area contributed by atoms with Crippen LogP contribution in [-0.2, 0) is 6.18 Å². The van der Waals surface area contributed by atoms with Crippen LogP contribution in [0.4, 0.5) is 13.2 Å². The number of nitrogens with two attached hydrogens (primary N) is 1. The molecule has 2 N–H and O–H groups in total. The third-order valence-corrected chi connectivity index (χ3v) is 4.41. The Morgan fingerprint density at radius 1 is 1.22 bits per heavy atom. The Kier molecular flexibility index (Phi) is 3.41. The Morgan fingerprint density at radius 2 is 1.78 bits per heavy atom. The zero-order valence-electron chi connectivity index (χ0n) is 10.4. The van der Waals surface area contributed by atoms with E-state index in [1.807, 2.05) is 0 Å². The minimum absolute atomic E-state index is 0.0970. The number of benzene rings is 1. The van der Waals surface area contributed by atoms with Crippen molar-refractivity contribution in [2.75, 3.05) is 6.54 Å². The number of halogens is 3. The molecule has 4 heteroatoms. The van der Waals surface area contributed by atoms with Gasteiger partial charge in [-0.2, -0.15) is 13.2 Å². The minimum Gasteiger partial charge on any atom is -0.330 e. The van der Waals surface area contributed by atoms with Crippen molar-refractivity contribution in [3.8, 4) is 0 Å². The van der Waals surface area contributed by atoms with Crippen LogP contribution in [0.1, 0.15) is 43.2 Å². The summed E-state index contributed by atoms with van der Waals surface area (Å²) in [5, 5.41) is 0. The summed E-state index contributed by atoms with van der Waals surface area (Å²) in [7, 11) is 0. The highest BCUT2D eigenvalue weighted by Gasteiger charge is 2.41. The van der Waals surface area contributed by atoms with Crippen molar-refractivity contribution in [2.24, 2.45) is 11.1 Å². The first-order valence-electron chi connectivity index (χ1n) is 6.26. The van der Waals surface area contributed by atoms with Crippen molar-refractivity contribution in [3.63, 3.8) is 0 Å². The SMILES string of the molecule is CC(c1ccc(C(F)(F)F)cc1)C1(CN)CCC1. The monoisotopic (exact) mass is 257 g/mol. The van der Waals surface area contributed by atoms with Gasteiger partial charge in [-0.05, 0) is 48.4 Å². The number of alkyl halides is 3. The molecule has 1 unspecified atom stereocenters. The molecule has 1 fully saturated rings. The minimum atomic E-state index is -4.26. The molecule has 0 aromatic heterocycles. The van der Waals surface area contributed by atoms with Gasteiger partial charge in [0.05, 0.1) is 5.56 Å². The van der Waals surface area contributed by atoms with Gasteiger partial charge in [-0.15, -0.1) is 0 Å². The van der Waals surface area contributed by atoms with Crippen molar-refractivity contribution < 1.29 is 13.2 Å². The van der Waals surface area contributed by atoms with Gasteiger partial charge in [-0.25, -0.2) is 0 Å². The molecule has 18 heavy (non-hydrogen) atoms. The Hall–Kier alpha value is -1.03. The maximum Gasteiger partial charge on any atom is 0.416 e. The molecule has 1 aliphatic carbocycles. The van der Waals surface area contributed by atoms with Crippen LogP contribution in [0.5, 0.6) is 0 Å². The van der Waals surface area contributed by atoms with E-state index in [0.717, 1.165) is 30.5 Å². The summed E-state index contributed by atoms with van der Waals surface area (Å²) < 4.78 is 37.4. The Balaban J connectivity index is 2.19. The first-order valence-corrected chi connectivity index (χ1v) is 6.26. The smallest absolute Gasteiger partial charge is 0.330 e. The highest BCUT2D eigenvalue weighted by molar-refractivity contribution is 5.28. The van der Waals surface area contributed by atoms with E-state index < -0.39 is 11.7 Å². The van der Waals surface area contributed by atoms with Crippen LogP contribution in [0.3, 0.4) is 0 Å². The van der Waals surface area contributed by atoms with Crippen LogP contribution in [0.15, 0.2) is 24.3 Å². The Bertz CT molecular complexity index is 399. The molecule has 2 rings (SSSR count). The molecule has 0 heterocycles. The van der Waals surface area contributed by atoms with Gasteiger partial charge in [0.1, 0.15) is 0 Å². The van der Waals surface area contributed by atoms with Crippen molar-refractivity contribution in [1.82, 2.24) is 0 Å². The van der Waals surface area contributed by atoms with Gasteiger partial charge in [0, 0.05) is 0 Å². The second-order valence-electron chi connectivity index (χ2n) is 5.26.